The molecule has 0 spiro atoms. The molecule has 0 saturated heterocycles. The maximum absolute atomic E-state index is 11.8. The van der Waals surface area contributed by atoms with Crippen molar-refractivity contribution in [1.29, 1.82) is 0 Å². The van der Waals surface area contributed by atoms with Gasteiger partial charge in [0.1, 0.15) is 6.61 Å². The first-order valence-electron chi connectivity index (χ1n) is 6.80. The van der Waals surface area contributed by atoms with Crippen LogP contribution in [0, 0.1) is 0 Å². The lowest BCUT2D eigenvalue weighted by Crippen LogP contribution is -2.24. The minimum absolute atomic E-state index is 0.342. The van der Waals surface area contributed by atoms with Crippen molar-refractivity contribution < 1.29 is 9.53 Å². The lowest BCUT2D eigenvalue weighted by Gasteiger charge is -2.16. The molecule has 0 radical (unpaired) electrons. The van der Waals surface area contributed by atoms with E-state index >= 15 is 0 Å². The molecule has 0 aromatic heterocycles. The molecule has 0 amide bonds. The quantitative estimate of drug-likeness (QED) is 0.763. The molecule has 0 aliphatic rings. The fourth-order valence-electron chi connectivity index (χ4n) is 1.97. The van der Waals surface area contributed by atoms with Gasteiger partial charge in [0.25, 0.3) is 0 Å². The average molecular weight is 304 g/mol. The van der Waals surface area contributed by atoms with Crippen molar-refractivity contribution in [2.24, 2.45) is 0 Å². The monoisotopic (exact) mass is 303 g/mol. The largest absolute Gasteiger partial charge is 0.461 e. The molecule has 0 saturated carbocycles. The highest BCUT2D eigenvalue weighted by Crippen LogP contribution is 2.11. The number of likely N-dealkylation sites (N-methyl/N-ethyl adjacent to an activating group) is 1. The summed E-state index contributed by atoms with van der Waals surface area (Å²) < 4.78 is 5.25. The predicted octanol–water partition coefficient (Wildman–Crippen LogP) is 3.63. The number of halogens is 1. The van der Waals surface area contributed by atoms with E-state index in [1.807, 2.05) is 25.2 Å². The van der Waals surface area contributed by atoms with Crippen molar-refractivity contribution in [1.82, 2.24) is 4.90 Å². The molecule has 110 valence electrons. The summed E-state index contributed by atoms with van der Waals surface area (Å²) in [6.07, 6.45) is 0. The van der Waals surface area contributed by atoms with E-state index in [0.717, 1.165) is 6.54 Å². The summed E-state index contributed by atoms with van der Waals surface area (Å²) in [5.74, 6) is -0.342. The van der Waals surface area contributed by atoms with Gasteiger partial charge in [-0.15, -0.1) is 0 Å². The van der Waals surface area contributed by atoms with Crippen LogP contribution in [0.2, 0.25) is 5.02 Å². The van der Waals surface area contributed by atoms with Crippen molar-refractivity contribution in [3.63, 3.8) is 0 Å². The molecule has 0 bridgehead atoms. The third kappa shape index (κ3) is 5.21. The molecule has 0 N–H and O–H groups in total. The van der Waals surface area contributed by atoms with Crippen molar-refractivity contribution in [2.45, 2.75) is 6.54 Å². The Labute approximate surface area is 130 Å². The first-order chi connectivity index (χ1) is 10.1. The molecule has 0 aliphatic heterocycles. The van der Waals surface area contributed by atoms with Crippen molar-refractivity contribution in [3.8, 4) is 0 Å². The highest BCUT2D eigenvalue weighted by atomic mass is 35.5. The Hall–Kier alpha value is -1.84. The SMILES string of the molecule is CN(CCOC(=O)c1cccc(Cl)c1)Cc1ccccc1. The smallest absolute Gasteiger partial charge is 0.338 e. The molecule has 2 rings (SSSR count). The summed E-state index contributed by atoms with van der Waals surface area (Å²) in [6.45, 7) is 1.87. The minimum atomic E-state index is -0.342. The average Bonchev–Trinajstić information content (AvgIpc) is 2.48. The molecule has 2 aromatic carbocycles. The van der Waals surface area contributed by atoms with Crippen molar-refractivity contribution in [2.75, 3.05) is 20.2 Å². The molecule has 0 fully saturated rings. The first kappa shape index (κ1) is 15.5. The van der Waals surface area contributed by atoms with Gasteiger partial charge >= 0.3 is 5.97 Å². The van der Waals surface area contributed by atoms with Gasteiger partial charge in [0, 0.05) is 18.1 Å². The van der Waals surface area contributed by atoms with Crippen LogP contribution in [0.3, 0.4) is 0 Å². The Morgan fingerprint density at radius 2 is 1.90 bits per heavy atom. The summed E-state index contributed by atoms with van der Waals surface area (Å²) in [7, 11) is 2.00. The second kappa shape index (κ2) is 7.81. The zero-order valence-electron chi connectivity index (χ0n) is 12.0. The van der Waals surface area contributed by atoms with E-state index in [0.29, 0.717) is 23.7 Å². The Bertz CT molecular complexity index is 586. The van der Waals surface area contributed by atoms with E-state index in [2.05, 4.69) is 17.0 Å². The third-order valence-electron chi connectivity index (χ3n) is 3.06. The van der Waals surface area contributed by atoms with Gasteiger partial charge in [0.15, 0.2) is 0 Å². The number of benzene rings is 2. The number of rotatable bonds is 6. The highest BCUT2D eigenvalue weighted by Gasteiger charge is 2.08. The number of carbonyl (C=O) groups is 1. The summed E-state index contributed by atoms with van der Waals surface area (Å²) in [4.78, 5) is 13.9. The van der Waals surface area contributed by atoms with Gasteiger partial charge in [-0.1, -0.05) is 48.0 Å². The Kier molecular flexibility index (Phi) is 5.78. The number of esters is 1. The topological polar surface area (TPSA) is 29.5 Å². The number of nitrogens with zero attached hydrogens (tertiary/aromatic N) is 1. The van der Waals surface area contributed by atoms with Crippen LogP contribution in [0.1, 0.15) is 15.9 Å². The van der Waals surface area contributed by atoms with Gasteiger partial charge in [-0.05, 0) is 30.8 Å². The van der Waals surface area contributed by atoms with Gasteiger partial charge in [0.05, 0.1) is 5.56 Å². The lowest BCUT2D eigenvalue weighted by molar-refractivity contribution is 0.0470. The van der Waals surface area contributed by atoms with E-state index in [1.54, 1.807) is 24.3 Å². The van der Waals surface area contributed by atoms with Gasteiger partial charge in [-0.25, -0.2) is 4.79 Å². The maximum atomic E-state index is 11.8. The Morgan fingerprint density at radius 3 is 2.62 bits per heavy atom. The zero-order valence-corrected chi connectivity index (χ0v) is 12.7. The van der Waals surface area contributed by atoms with Crippen LogP contribution in [0.25, 0.3) is 0 Å². The summed E-state index contributed by atoms with van der Waals surface area (Å²) in [5.41, 5.74) is 1.72. The van der Waals surface area contributed by atoms with Crippen LogP contribution in [0.5, 0.6) is 0 Å². The number of ether oxygens (including phenoxy) is 1. The number of hydrogen-bond acceptors (Lipinski definition) is 3. The molecule has 0 heterocycles. The molecule has 0 atom stereocenters. The van der Waals surface area contributed by atoms with E-state index < -0.39 is 0 Å². The Balaban J connectivity index is 1.75. The van der Waals surface area contributed by atoms with Crippen LogP contribution in [-0.2, 0) is 11.3 Å². The maximum Gasteiger partial charge on any atom is 0.338 e. The van der Waals surface area contributed by atoms with E-state index in [9.17, 15) is 4.79 Å². The first-order valence-corrected chi connectivity index (χ1v) is 7.18. The van der Waals surface area contributed by atoms with E-state index in [1.165, 1.54) is 5.56 Å². The second-order valence-electron chi connectivity index (χ2n) is 4.87. The normalized spacial score (nSPS) is 10.6. The molecular weight excluding hydrogens is 286 g/mol. The second-order valence-corrected chi connectivity index (χ2v) is 5.31. The summed E-state index contributed by atoms with van der Waals surface area (Å²) >= 11 is 5.85. The van der Waals surface area contributed by atoms with Crippen LogP contribution < -0.4 is 0 Å². The van der Waals surface area contributed by atoms with Gasteiger partial charge in [-0.3, -0.25) is 4.90 Å². The molecule has 0 aliphatic carbocycles. The fourth-order valence-corrected chi connectivity index (χ4v) is 2.16. The number of hydrogen-bond donors (Lipinski definition) is 0. The van der Waals surface area contributed by atoms with Gasteiger partial charge in [0.2, 0.25) is 0 Å². The van der Waals surface area contributed by atoms with E-state index in [4.69, 9.17) is 16.3 Å². The zero-order chi connectivity index (χ0) is 15.1. The van der Waals surface area contributed by atoms with Crippen LogP contribution in [-0.4, -0.2) is 31.1 Å². The molecule has 2 aromatic rings. The van der Waals surface area contributed by atoms with Crippen LogP contribution >= 0.6 is 11.6 Å². The van der Waals surface area contributed by atoms with Gasteiger partial charge < -0.3 is 4.74 Å². The summed E-state index contributed by atoms with van der Waals surface area (Å²) in [5, 5.41) is 0.533. The summed E-state index contributed by atoms with van der Waals surface area (Å²) in [6, 6.07) is 17.0. The molecule has 21 heavy (non-hydrogen) atoms. The molecule has 0 unspecified atom stereocenters. The van der Waals surface area contributed by atoms with Gasteiger partial charge in [-0.2, -0.15) is 0 Å². The Morgan fingerprint density at radius 1 is 1.14 bits per heavy atom. The number of carbonyl (C=O) groups excluding carboxylic acids is 1. The van der Waals surface area contributed by atoms with Crippen molar-refractivity contribution in [3.05, 3.63) is 70.7 Å². The third-order valence-corrected chi connectivity index (χ3v) is 3.30. The van der Waals surface area contributed by atoms with E-state index in [-0.39, 0.29) is 5.97 Å². The predicted molar refractivity (Wildman–Crippen MR) is 84.5 cm³/mol. The highest BCUT2D eigenvalue weighted by molar-refractivity contribution is 6.30. The lowest BCUT2D eigenvalue weighted by atomic mass is 10.2. The standard InChI is InChI=1S/C17H18ClNO2/c1-19(13-14-6-3-2-4-7-14)10-11-21-17(20)15-8-5-9-16(18)12-15/h2-9,12H,10-11,13H2,1H3. The minimum Gasteiger partial charge on any atom is -0.461 e. The molecule has 3 nitrogen and oxygen atoms in total. The fraction of sp³-hybridized carbons (Fsp3) is 0.235. The molecule has 4 heteroatoms. The van der Waals surface area contributed by atoms with Crippen molar-refractivity contribution >= 4 is 17.6 Å². The molecular formula is C17H18ClNO2. The van der Waals surface area contributed by atoms with Crippen LogP contribution in [0.15, 0.2) is 54.6 Å². The van der Waals surface area contributed by atoms with Crippen LogP contribution in [0.4, 0.5) is 0 Å².